The number of ether oxygens (including phenoxy) is 1. The third-order valence-corrected chi connectivity index (χ3v) is 6.78. The number of likely N-dealkylation sites (N-methyl/N-ethyl adjacent to an activating group) is 1. The Hall–Kier alpha value is -5.16. The quantitative estimate of drug-likeness (QED) is 0.151. The van der Waals surface area contributed by atoms with Gasteiger partial charge < -0.3 is 34.8 Å². The summed E-state index contributed by atoms with van der Waals surface area (Å²) in [6.45, 7) is 2.18. The van der Waals surface area contributed by atoms with Crippen LogP contribution in [-0.4, -0.2) is 82.6 Å². The maximum Gasteiger partial charge on any atom is 0.339 e. The molecule has 11 heteroatoms. The molecular weight excluding hydrogens is 570 g/mol. The van der Waals surface area contributed by atoms with Crippen LogP contribution < -0.4 is 5.11 Å². The number of phenols is 1. The molecule has 4 N–H and O–H groups in total. The van der Waals surface area contributed by atoms with Crippen molar-refractivity contribution >= 4 is 45.4 Å². The molecule has 0 aliphatic carbocycles. The first-order valence-electron chi connectivity index (χ1n) is 13.8. The molecule has 0 heterocycles. The molecule has 4 rings (SSSR count). The number of benzene rings is 4. The molecule has 0 amide bonds. The van der Waals surface area contributed by atoms with Gasteiger partial charge in [0.05, 0.1) is 33.1 Å². The number of carbonyl (C=O) groups is 4. The van der Waals surface area contributed by atoms with Gasteiger partial charge in [0, 0.05) is 12.8 Å². The number of quaternary nitrogens is 1. The number of aromatic hydroxyl groups is 1. The van der Waals surface area contributed by atoms with Crippen LogP contribution in [0.1, 0.15) is 51.6 Å². The molecule has 4 aromatic rings. The van der Waals surface area contributed by atoms with Gasteiger partial charge in [0.1, 0.15) is 17.9 Å². The van der Waals surface area contributed by atoms with Gasteiger partial charge in [0.2, 0.25) is 0 Å². The van der Waals surface area contributed by atoms with Crippen LogP contribution in [0.3, 0.4) is 0 Å². The zero-order valence-corrected chi connectivity index (χ0v) is 24.9. The molecule has 0 aliphatic rings. The number of hydrogen-bond donors (Lipinski definition) is 4. The number of aromatic carboxylic acids is 2. The van der Waals surface area contributed by atoms with Crippen molar-refractivity contribution in [2.24, 2.45) is 0 Å². The van der Waals surface area contributed by atoms with E-state index in [2.05, 4.69) is 0 Å². The standard InChI is InChI=1S/C23H16O6.C10H19NO4/c24-18-9-12-5-1-3-7-14(12)16(20(18)22(26)27)11-17-15-8-4-2-6-13(15)10-19(25)21(17)23(28)29;1-5-10(14)15-8(6-9(12)13)7-11(2,3)4/h1-10,24-25H,11H2,(H,26,27)(H,28,29);8H,5-7H2,1-4H3/t;8-/m.1/s1. The number of rotatable bonds is 10. The zero-order valence-electron chi connectivity index (χ0n) is 24.9. The topological polar surface area (TPSA) is 181 Å². The molecular formula is C33H35NO10. The number of hydrogen-bond acceptors (Lipinski definition) is 7. The van der Waals surface area contributed by atoms with E-state index in [9.17, 15) is 39.6 Å². The SMILES string of the molecule is CCC(=O)O[C@H](CC(=O)O)C[N+](C)(C)C.O=C(O)c1c([O-])cc2ccccc2c1Cc1c(C(=O)O)c(O)cc2ccccc12. The molecule has 44 heavy (non-hydrogen) atoms. The van der Waals surface area contributed by atoms with Gasteiger partial charge in [-0.15, -0.1) is 0 Å². The van der Waals surface area contributed by atoms with Gasteiger partial charge in [0.25, 0.3) is 0 Å². The minimum atomic E-state index is -1.38. The van der Waals surface area contributed by atoms with Crippen LogP contribution in [-0.2, 0) is 20.7 Å². The van der Waals surface area contributed by atoms with E-state index in [4.69, 9.17) is 9.84 Å². The fourth-order valence-electron chi connectivity index (χ4n) is 5.04. The smallest absolute Gasteiger partial charge is 0.339 e. The second-order valence-electron chi connectivity index (χ2n) is 11.2. The number of carboxylic acid groups (broad SMARTS) is 3. The minimum Gasteiger partial charge on any atom is -0.872 e. The Bertz CT molecular complexity index is 1620. The Morgan fingerprint density at radius 3 is 1.80 bits per heavy atom. The lowest BCUT2D eigenvalue weighted by Gasteiger charge is -2.28. The van der Waals surface area contributed by atoms with Crippen LogP contribution in [0.15, 0.2) is 60.7 Å². The average Bonchev–Trinajstić information content (AvgIpc) is 2.91. The molecule has 0 aromatic heterocycles. The fourth-order valence-corrected chi connectivity index (χ4v) is 5.04. The highest BCUT2D eigenvalue weighted by Gasteiger charge is 2.25. The Balaban J connectivity index is 0.000000301. The van der Waals surface area contributed by atoms with Gasteiger partial charge in [-0.2, -0.15) is 0 Å². The lowest BCUT2D eigenvalue weighted by atomic mass is 9.88. The summed E-state index contributed by atoms with van der Waals surface area (Å²) in [6, 6.07) is 16.4. The first-order chi connectivity index (χ1) is 20.6. The maximum atomic E-state index is 12.5. The van der Waals surface area contributed by atoms with Gasteiger partial charge in [-0.25, -0.2) is 9.59 Å². The average molecular weight is 606 g/mol. The second kappa shape index (κ2) is 13.9. The molecule has 11 nitrogen and oxygen atoms in total. The van der Waals surface area contributed by atoms with E-state index in [1.54, 1.807) is 55.5 Å². The van der Waals surface area contributed by atoms with E-state index in [1.807, 2.05) is 21.1 Å². The number of aliphatic carboxylic acids is 1. The van der Waals surface area contributed by atoms with Crippen LogP contribution in [0.4, 0.5) is 0 Å². The third-order valence-electron chi connectivity index (χ3n) is 6.78. The van der Waals surface area contributed by atoms with Crippen molar-refractivity contribution in [1.82, 2.24) is 0 Å². The van der Waals surface area contributed by atoms with E-state index in [1.165, 1.54) is 12.1 Å². The molecule has 0 saturated carbocycles. The van der Waals surface area contributed by atoms with E-state index in [0.29, 0.717) is 32.6 Å². The van der Waals surface area contributed by atoms with Gasteiger partial charge >= 0.3 is 23.9 Å². The van der Waals surface area contributed by atoms with Crippen molar-refractivity contribution < 1.29 is 53.9 Å². The maximum absolute atomic E-state index is 12.5. The number of fused-ring (bicyclic) bond motifs is 2. The predicted octanol–water partition coefficient (Wildman–Crippen LogP) is 4.25. The molecule has 0 bridgehead atoms. The summed E-state index contributed by atoms with van der Waals surface area (Å²) >= 11 is 0. The number of carboxylic acids is 3. The summed E-state index contributed by atoms with van der Waals surface area (Å²) in [5, 5.41) is 53.1. The molecule has 0 radical (unpaired) electrons. The van der Waals surface area contributed by atoms with E-state index < -0.39 is 41.1 Å². The Morgan fingerprint density at radius 2 is 1.32 bits per heavy atom. The molecule has 0 spiro atoms. The monoisotopic (exact) mass is 605 g/mol. The summed E-state index contributed by atoms with van der Waals surface area (Å²) in [5.41, 5.74) is -0.224. The predicted molar refractivity (Wildman–Crippen MR) is 161 cm³/mol. The van der Waals surface area contributed by atoms with Crippen LogP contribution in [0.5, 0.6) is 11.5 Å². The highest BCUT2D eigenvalue weighted by Crippen LogP contribution is 2.36. The summed E-state index contributed by atoms with van der Waals surface area (Å²) in [7, 11) is 5.78. The lowest BCUT2D eigenvalue weighted by Crippen LogP contribution is -2.43. The molecule has 0 unspecified atom stereocenters. The first kappa shape index (κ1) is 33.3. The molecule has 1 atom stereocenters. The molecule has 0 saturated heterocycles. The number of carbonyl (C=O) groups excluding carboxylic acids is 1. The lowest BCUT2D eigenvalue weighted by molar-refractivity contribution is -0.873. The molecule has 0 aliphatic heterocycles. The summed E-state index contributed by atoms with van der Waals surface area (Å²) in [4.78, 5) is 45.4. The van der Waals surface area contributed by atoms with Crippen molar-refractivity contribution in [3.63, 3.8) is 0 Å². The number of nitrogens with zero attached hydrogens (tertiary/aromatic N) is 1. The summed E-state index contributed by atoms with van der Waals surface area (Å²) < 4.78 is 5.62. The number of esters is 1. The largest absolute Gasteiger partial charge is 0.872 e. The van der Waals surface area contributed by atoms with Gasteiger partial charge in [0.15, 0.2) is 6.10 Å². The highest BCUT2D eigenvalue weighted by atomic mass is 16.5. The minimum absolute atomic E-state index is 0.130. The zero-order chi connectivity index (χ0) is 32.8. The van der Waals surface area contributed by atoms with Crippen LogP contribution in [0.25, 0.3) is 21.5 Å². The van der Waals surface area contributed by atoms with Gasteiger partial charge in [-0.05, 0) is 38.7 Å². The fraction of sp³-hybridized carbons (Fsp3) is 0.273. The van der Waals surface area contributed by atoms with Crippen molar-refractivity contribution in [3.05, 3.63) is 82.9 Å². The van der Waals surface area contributed by atoms with Crippen molar-refractivity contribution in [1.29, 1.82) is 0 Å². The van der Waals surface area contributed by atoms with Gasteiger partial charge in [-0.1, -0.05) is 67.3 Å². The Morgan fingerprint density at radius 1 is 0.818 bits per heavy atom. The van der Waals surface area contributed by atoms with E-state index >= 15 is 0 Å². The summed E-state index contributed by atoms with van der Waals surface area (Å²) in [6.07, 6.45) is -0.543. The first-order valence-corrected chi connectivity index (χ1v) is 13.8. The van der Waals surface area contributed by atoms with Crippen LogP contribution >= 0.6 is 0 Å². The Kier molecular flexibility index (Phi) is 10.5. The second-order valence-corrected chi connectivity index (χ2v) is 11.2. The highest BCUT2D eigenvalue weighted by molar-refractivity contribution is 6.04. The van der Waals surface area contributed by atoms with Crippen molar-refractivity contribution in [2.75, 3.05) is 27.7 Å². The summed E-state index contributed by atoms with van der Waals surface area (Å²) in [5.74, 6) is -5.06. The molecule has 4 aromatic carbocycles. The van der Waals surface area contributed by atoms with E-state index in [0.717, 1.165) is 0 Å². The van der Waals surface area contributed by atoms with Crippen molar-refractivity contribution in [2.45, 2.75) is 32.3 Å². The van der Waals surface area contributed by atoms with Crippen LogP contribution in [0, 0.1) is 0 Å². The van der Waals surface area contributed by atoms with Crippen LogP contribution in [0.2, 0.25) is 0 Å². The molecule has 232 valence electrons. The Labute approximate surface area is 253 Å². The van der Waals surface area contributed by atoms with Gasteiger partial charge in [-0.3, -0.25) is 9.59 Å². The third kappa shape index (κ3) is 8.23. The molecule has 0 fully saturated rings. The van der Waals surface area contributed by atoms with E-state index in [-0.39, 0.29) is 41.9 Å². The van der Waals surface area contributed by atoms with Crippen molar-refractivity contribution in [3.8, 4) is 11.5 Å². The normalized spacial score (nSPS) is 11.8.